The van der Waals surface area contributed by atoms with Crippen molar-refractivity contribution in [2.75, 3.05) is 6.54 Å². The zero-order valence-electron chi connectivity index (χ0n) is 11.7. The molecule has 19 heavy (non-hydrogen) atoms. The fourth-order valence-electron chi connectivity index (χ4n) is 2.84. The second kappa shape index (κ2) is 6.24. The second-order valence-electron chi connectivity index (χ2n) is 5.68. The van der Waals surface area contributed by atoms with Crippen molar-refractivity contribution in [3.05, 3.63) is 24.2 Å². The predicted molar refractivity (Wildman–Crippen MR) is 74.6 cm³/mol. The monoisotopic (exact) mass is 264 g/mol. The fourth-order valence-corrected chi connectivity index (χ4v) is 2.84. The third-order valence-electron chi connectivity index (χ3n) is 4.21. The molecular weight excluding hydrogens is 240 g/mol. The lowest BCUT2D eigenvalue weighted by Gasteiger charge is -2.27. The van der Waals surface area contributed by atoms with Crippen molar-refractivity contribution in [1.82, 2.24) is 5.32 Å². The van der Waals surface area contributed by atoms with E-state index in [-0.39, 0.29) is 17.4 Å². The van der Waals surface area contributed by atoms with Gasteiger partial charge in [0, 0.05) is 19.0 Å². The molecule has 0 aliphatic heterocycles. The highest BCUT2D eigenvalue weighted by atomic mass is 16.3. The molecule has 1 atom stereocenters. The Labute approximate surface area is 114 Å². The van der Waals surface area contributed by atoms with Gasteiger partial charge in [0.05, 0.1) is 11.7 Å². The van der Waals surface area contributed by atoms with E-state index < -0.39 is 0 Å². The third-order valence-corrected chi connectivity index (χ3v) is 4.21. The number of carbonyl (C=O) groups excluding carboxylic acids is 1. The largest absolute Gasteiger partial charge is 0.469 e. The maximum absolute atomic E-state index is 12.4. The Hall–Kier alpha value is -1.29. The second-order valence-corrected chi connectivity index (χ2v) is 5.68. The standard InChI is InChI=1S/C15H24N2O2/c1-12(6-7-13-5-4-10-19-13)17-14(18)15(11-16)8-2-3-9-15/h4-5,10,12H,2-3,6-9,11,16H2,1H3,(H,17,18). The van der Waals surface area contributed by atoms with E-state index in [0.29, 0.717) is 6.54 Å². The summed E-state index contributed by atoms with van der Waals surface area (Å²) in [4.78, 5) is 12.4. The predicted octanol–water partition coefficient (Wildman–Crippen LogP) is 2.24. The Morgan fingerprint density at radius 2 is 2.26 bits per heavy atom. The van der Waals surface area contributed by atoms with E-state index in [9.17, 15) is 4.79 Å². The normalized spacial score (nSPS) is 19.3. The van der Waals surface area contributed by atoms with Crippen LogP contribution in [0.2, 0.25) is 0 Å². The Morgan fingerprint density at radius 3 is 2.84 bits per heavy atom. The molecule has 1 saturated carbocycles. The van der Waals surface area contributed by atoms with Crippen LogP contribution < -0.4 is 11.1 Å². The lowest BCUT2D eigenvalue weighted by Crippen LogP contribution is -2.47. The molecular formula is C15H24N2O2. The summed E-state index contributed by atoms with van der Waals surface area (Å²) in [5.41, 5.74) is 5.51. The number of hydrogen-bond donors (Lipinski definition) is 2. The first-order chi connectivity index (χ1) is 9.16. The number of nitrogens with one attached hydrogen (secondary N) is 1. The molecule has 0 aromatic carbocycles. The number of amides is 1. The van der Waals surface area contributed by atoms with Gasteiger partial charge in [-0.2, -0.15) is 0 Å². The highest BCUT2D eigenvalue weighted by molar-refractivity contribution is 5.83. The highest BCUT2D eigenvalue weighted by Gasteiger charge is 2.39. The van der Waals surface area contributed by atoms with Crippen molar-refractivity contribution in [1.29, 1.82) is 0 Å². The number of furan rings is 1. The van der Waals surface area contributed by atoms with E-state index in [4.69, 9.17) is 10.2 Å². The molecule has 0 bridgehead atoms. The van der Waals surface area contributed by atoms with Crippen molar-refractivity contribution in [2.24, 2.45) is 11.1 Å². The van der Waals surface area contributed by atoms with Crippen LogP contribution in [0.5, 0.6) is 0 Å². The van der Waals surface area contributed by atoms with E-state index in [1.54, 1.807) is 6.26 Å². The van der Waals surface area contributed by atoms with Gasteiger partial charge < -0.3 is 15.5 Å². The number of carbonyl (C=O) groups is 1. The molecule has 1 unspecified atom stereocenters. The third kappa shape index (κ3) is 3.38. The summed E-state index contributed by atoms with van der Waals surface area (Å²) >= 11 is 0. The molecule has 3 N–H and O–H groups in total. The van der Waals surface area contributed by atoms with Crippen molar-refractivity contribution in [3.63, 3.8) is 0 Å². The van der Waals surface area contributed by atoms with E-state index in [1.807, 2.05) is 19.1 Å². The van der Waals surface area contributed by atoms with Crippen molar-refractivity contribution < 1.29 is 9.21 Å². The molecule has 4 heteroatoms. The van der Waals surface area contributed by atoms with Gasteiger partial charge in [-0.25, -0.2) is 0 Å². The summed E-state index contributed by atoms with van der Waals surface area (Å²) < 4.78 is 5.30. The van der Waals surface area contributed by atoms with Gasteiger partial charge in [-0.3, -0.25) is 4.79 Å². The van der Waals surface area contributed by atoms with E-state index in [2.05, 4.69) is 5.32 Å². The maximum atomic E-state index is 12.4. The molecule has 0 saturated heterocycles. The zero-order chi connectivity index (χ0) is 13.7. The van der Waals surface area contributed by atoms with Crippen LogP contribution in [0.3, 0.4) is 0 Å². The van der Waals surface area contributed by atoms with Crippen LogP contribution in [0.4, 0.5) is 0 Å². The first-order valence-electron chi connectivity index (χ1n) is 7.20. The van der Waals surface area contributed by atoms with E-state index in [1.165, 1.54) is 0 Å². The van der Waals surface area contributed by atoms with E-state index in [0.717, 1.165) is 44.3 Å². The molecule has 1 aliphatic rings. The summed E-state index contributed by atoms with van der Waals surface area (Å²) in [6.07, 6.45) is 7.52. The van der Waals surface area contributed by atoms with Crippen LogP contribution in [-0.4, -0.2) is 18.5 Å². The van der Waals surface area contributed by atoms with E-state index >= 15 is 0 Å². The average molecular weight is 264 g/mol. The van der Waals surface area contributed by atoms with Gasteiger partial charge in [0.2, 0.25) is 5.91 Å². The van der Waals surface area contributed by atoms with Crippen molar-refractivity contribution in [2.45, 2.75) is 51.5 Å². The van der Waals surface area contributed by atoms with Crippen LogP contribution >= 0.6 is 0 Å². The molecule has 0 spiro atoms. The van der Waals surface area contributed by atoms with Gasteiger partial charge in [-0.15, -0.1) is 0 Å². The lowest BCUT2D eigenvalue weighted by atomic mass is 9.85. The van der Waals surface area contributed by atoms with Gasteiger partial charge in [0.25, 0.3) is 0 Å². The van der Waals surface area contributed by atoms with Crippen LogP contribution in [-0.2, 0) is 11.2 Å². The maximum Gasteiger partial charge on any atom is 0.227 e. The van der Waals surface area contributed by atoms with Crippen molar-refractivity contribution >= 4 is 5.91 Å². The smallest absolute Gasteiger partial charge is 0.227 e. The first-order valence-corrected chi connectivity index (χ1v) is 7.20. The van der Waals surface area contributed by atoms with Crippen LogP contribution in [0.15, 0.2) is 22.8 Å². The van der Waals surface area contributed by atoms with Crippen LogP contribution in [0, 0.1) is 5.41 Å². The molecule has 2 rings (SSSR count). The fraction of sp³-hybridized carbons (Fsp3) is 0.667. The van der Waals surface area contributed by atoms with Crippen molar-refractivity contribution in [3.8, 4) is 0 Å². The van der Waals surface area contributed by atoms with Gasteiger partial charge in [-0.05, 0) is 38.3 Å². The van der Waals surface area contributed by atoms with Gasteiger partial charge in [0.15, 0.2) is 0 Å². The summed E-state index contributed by atoms with van der Waals surface area (Å²) in [5.74, 6) is 1.11. The average Bonchev–Trinajstić information content (AvgIpc) is 3.08. The molecule has 1 aromatic rings. The van der Waals surface area contributed by atoms with Crippen LogP contribution in [0.1, 0.15) is 44.8 Å². The number of aryl methyl sites for hydroxylation is 1. The number of nitrogens with two attached hydrogens (primary N) is 1. The SMILES string of the molecule is CC(CCc1ccco1)NC(=O)C1(CN)CCCC1. The lowest BCUT2D eigenvalue weighted by molar-refractivity contribution is -0.131. The molecule has 1 aromatic heterocycles. The zero-order valence-corrected chi connectivity index (χ0v) is 11.7. The molecule has 1 amide bonds. The Balaban J connectivity index is 1.81. The van der Waals surface area contributed by atoms with Gasteiger partial charge >= 0.3 is 0 Å². The molecule has 1 fully saturated rings. The van der Waals surface area contributed by atoms with Gasteiger partial charge in [0.1, 0.15) is 5.76 Å². The number of hydrogen-bond acceptors (Lipinski definition) is 3. The minimum absolute atomic E-state index is 0.138. The van der Waals surface area contributed by atoms with Gasteiger partial charge in [-0.1, -0.05) is 12.8 Å². The summed E-state index contributed by atoms with van der Waals surface area (Å²) in [5, 5.41) is 3.12. The molecule has 1 heterocycles. The minimum atomic E-state index is -0.307. The molecule has 106 valence electrons. The molecule has 4 nitrogen and oxygen atoms in total. The quantitative estimate of drug-likeness (QED) is 0.828. The van der Waals surface area contributed by atoms with Crippen LogP contribution in [0.25, 0.3) is 0 Å². The summed E-state index contributed by atoms with van der Waals surface area (Å²) in [6, 6.07) is 4.01. The highest BCUT2D eigenvalue weighted by Crippen LogP contribution is 2.37. The Bertz CT molecular complexity index is 394. The molecule has 0 radical (unpaired) electrons. The first kappa shape index (κ1) is 14.1. The summed E-state index contributed by atoms with van der Waals surface area (Å²) in [6.45, 7) is 2.50. The molecule has 1 aliphatic carbocycles. The Kier molecular flexibility index (Phi) is 4.64. The minimum Gasteiger partial charge on any atom is -0.469 e. The topological polar surface area (TPSA) is 68.3 Å². The summed E-state index contributed by atoms with van der Waals surface area (Å²) in [7, 11) is 0. The Morgan fingerprint density at radius 1 is 1.53 bits per heavy atom. The number of rotatable bonds is 6.